The average Bonchev–Trinajstić information content (AvgIpc) is 1.64. The first-order chi connectivity index (χ1) is 3.55. The minimum atomic E-state index is -2.44. The van der Waals surface area contributed by atoms with Gasteiger partial charge in [-0.2, -0.15) is 13.2 Å². The minimum absolute atomic E-state index is 1.72. The van der Waals surface area contributed by atoms with Crippen LogP contribution in [-0.2, 0) is 0 Å². The van der Waals surface area contributed by atoms with Gasteiger partial charge < -0.3 is 0 Å². The van der Waals surface area contributed by atoms with E-state index in [0.717, 1.165) is 0 Å². The second kappa shape index (κ2) is 3.54. The van der Waals surface area contributed by atoms with E-state index >= 15 is 0 Å². The largest absolute Gasteiger partial charge is 0.308 e. The summed E-state index contributed by atoms with van der Waals surface area (Å²) in [4.78, 5) is 0. The summed E-state index contributed by atoms with van der Waals surface area (Å²) in [6.45, 7) is -2.29. The molecule has 0 aliphatic carbocycles. The molecular weight excluding hydrogens is 183 g/mol. The molecule has 0 unspecified atom stereocenters. The van der Waals surface area contributed by atoms with Crippen LogP contribution in [0.5, 0.6) is 0 Å². The molecule has 0 amide bonds. The zero-order chi connectivity index (χ0) is 6.73. The van der Waals surface area contributed by atoms with Crippen molar-refractivity contribution in [3.8, 4) is 0 Å². The third-order valence-corrected chi connectivity index (χ3v) is 1.66. The first-order valence-electron chi connectivity index (χ1n) is 1.38. The molecule has 0 saturated heterocycles. The Hall–Kier alpha value is 0.540. The van der Waals surface area contributed by atoms with Crippen LogP contribution in [0.1, 0.15) is 0 Å². The molecular formula is C2Cl2F3P. The van der Waals surface area contributed by atoms with Crippen molar-refractivity contribution in [3.05, 3.63) is 11.6 Å². The van der Waals surface area contributed by atoms with Crippen molar-refractivity contribution in [2.75, 3.05) is 0 Å². The fourth-order valence-corrected chi connectivity index (χ4v) is 0.575. The normalized spacial score (nSPS) is 9.75. The van der Waals surface area contributed by atoms with Gasteiger partial charge in [0.2, 0.25) is 5.57 Å². The van der Waals surface area contributed by atoms with E-state index in [0.29, 0.717) is 0 Å². The van der Waals surface area contributed by atoms with Gasteiger partial charge in [0.1, 0.15) is 0 Å². The van der Waals surface area contributed by atoms with Crippen LogP contribution in [0.25, 0.3) is 0 Å². The first-order valence-corrected chi connectivity index (χ1v) is 4.53. The van der Waals surface area contributed by atoms with Gasteiger partial charge in [-0.15, -0.1) is 0 Å². The third kappa shape index (κ3) is 2.75. The van der Waals surface area contributed by atoms with Crippen LogP contribution < -0.4 is 0 Å². The van der Waals surface area contributed by atoms with E-state index in [2.05, 4.69) is 0 Å². The van der Waals surface area contributed by atoms with E-state index in [9.17, 15) is 13.2 Å². The Bertz CT molecular complexity index is 108. The van der Waals surface area contributed by atoms with Gasteiger partial charge in [0.05, 0.1) is 0 Å². The average molecular weight is 183 g/mol. The zero-order valence-electron chi connectivity index (χ0n) is 3.34. The molecule has 0 N–H and O–H groups in total. The summed E-state index contributed by atoms with van der Waals surface area (Å²) in [5, 5.41) is 0. The monoisotopic (exact) mass is 182 g/mol. The smallest absolute Gasteiger partial charge is 0.198 e. The van der Waals surface area contributed by atoms with Gasteiger partial charge in [-0.1, -0.05) is 22.5 Å². The summed E-state index contributed by atoms with van der Waals surface area (Å²) in [7, 11) is 0. The van der Waals surface area contributed by atoms with Gasteiger partial charge in [0.15, 0.2) is 6.63 Å². The van der Waals surface area contributed by atoms with Crippen LogP contribution in [0, 0.1) is 0 Å². The fourth-order valence-electron chi connectivity index (χ4n) is 0.0639. The van der Waals surface area contributed by atoms with Crippen molar-refractivity contribution in [1.82, 2.24) is 0 Å². The molecule has 0 aromatic rings. The highest BCUT2D eigenvalue weighted by molar-refractivity contribution is 8.06. The predicted octanol–water partition coefficient (Wildman–Crippen LogP) is 3.81. The van der Waals surface area contributed by atoms with Crippen LogP contribution in [0.15, 0.2) is 11.6 Å². The standard InChI is InChI=1S/C2Cl2F3P/c3-8(4)2(7)1(5)6. The van der Waals surface area contributed by atoms with Gasteiger partial charge in [0, 0.05) is 0 Å². The van der Waals surface area contributed by atoms with Crippen molar-refractivity contribution in [3.63, 3.8) is 0 Å². The molecule has 0 radical (unpaired) electrons. The lowest BCUT2D eigenvalue weighted by Crippen LogP contribution is -1.61. The van der Waals surface area contributed by atoms with Gasteiger partial charge >= 0.3 is 6.08 Å². The van der Waals surface area contributed by atoms with Crippen molar-refractivity contribution in [2.45, 2.75) is 0 Å². The molecule has 0 nitrogen and oxygen atoms in total. The Kier molecular flexibility index (Phi) is 3.78. The molecule has 48 valence electrons. The Morgan fingerprint density at radius 2 is 1.50 bits per heavy atom. The minimum Gasteiger partial charge on any atom is -0.198 e. The number of rotatable bonds is 1. The van der Waals surface area contributed by atoms with Crippen LogP contribution in [-0.4, -0.2) is 0 Å². The van der Waals surface area contributed by atoms with Crippen molar-refractivity contribution < 1.29 is 13.2 Å². The topological polar surface area (TPSA) is 0 Å². The van der Waals surface area contributed by atoms with Gasteiger partial charge in [0.25, 0.3) is 0 Å². The summed E-state index contributed by atoms with van der Waals surface area (Å²) in [5.41, 5.74) is -1.72. The Labute approximate surface area is 54.6 Å². The maximum atomic E-state index is 11.5. The summed E-state index contributed by atoms with van der Waals surface area (Å²) in [6.07, 6.45) is -2.44. The fraction of sp³-hybridized carbons (Fsp3) is 0. The third-order valence-electron chi connectivity index (χ3n) is 0.304. The van der Waals surface area contributed by atoms with Crippen LogP contribution in [0.2, 0.25) is 0 Å². The van der Waals surface area contributed by atoms with E-state index in [1.54, 1.807) is 0 Å². The molecule has 8 heavy (non-hydrogen) atoms. The molecule has 0 aliphatic rings. The summed E-state index contributed by atoms with van der Waals surface area (Å²) in [5.74, 6) is 0. The maximum absolute atomic E-state index is 11.5. The Morgan fingerprint density at radius 3 is 1.50 bits per heavy atom. The second-order valence-electron chi connectivity index (χ2n) is 0.784. The van der Waals surface area contributed by atoms with Crippen molar-refractivity contribution in [1.29, 1.82) is 0 Å². The van der Waals surface area contributed by atoms with Crippen molar-refractivity contribution >= 4 is 29.1 Å². The maximum Gasteiger partial charge on any atom is 0.308 e. The molecule has 0 aliphatic heterocycles. The van der Waals surface area contributed by atoms with Crippen LogP contribution in [0.4, 0.5) is 13.2 Å². The highest BCUT2D eigenvalue weighted by Gasteiger charge is 2.13. The molecule has 0 aromatic carbocycles. The molecule has 0 fully saturated rings. The molecule has 0 bridgehead atoms. The SMILES string of the molecule is FC(F)=C(F)P(Cl)Cl. The molecule has 0 aromatic heterocycles. The first kappa shape index (κ1) is 8.54. The van der Waals surface area contributed by atoms with E-state index < -0.39 is 18.3 Å². The molecule has 0 spiro atoms. The molecule has 0 heterocycles. The zero-order valence-corrected chi connectivity index (χ0v) is 5.74. The lowest BCUT2D eigenvalue weighted by molar-refractivity contribution is 0.394. The molecule has 0 saturated carbocycles. The summed E-state index contributed by atoms with van der Waals surface area (Å²) in [6, 6.07) is 0. The number of halogens is 5. The van der Waals surface area contributed by atoms with Crippen molar-refractivity contribution in [2.24, 2.45) is 0 Å². The Morgan fingerprint density at radius 1 is 1.12 bits per heavy atom. The number of hydrogen-bond acceptors (Lipinski definition) is 0. The van der Waals surface area contributed by atoms with Crippen LogP contribution >= 0.6 is 29.1 Å². The van der Waals surface area contributed by atoms with Gasteiger partial charge in [-0.05, 0) is 0 Å². The van der Waals surface area contributed by atoms with E-state index in [1.165, 1.54) is 0 Å². The highest BCUT2D eigenvalue weighted by Crippen LogP contribution is 2.56. The van der Waals surface area contributed by atoms with Gasteiger partial charge in [-0.25, -0.2) is 0 Å². The predicted molar refractivity (Wildman–Crippen MR) is 29.0 cm³/mol. The van der Waals surface area contributed by atoms with E-state index in [1.807, 2.05) is 0 Å². The molecule has 6 heteroatoms. The molecule has 0 rings (SSSR count). The Balaban J connectivity index is 4.00. The molecule has 0 atom stereocenters. The quantitative estimate of drug-likeness (QED) is 0.542. The lowest BCUT2D eigenvalue weighted by atomic mass is 11.1. The van der Waals surface area contributed by atoms with Crippen LogP contribution in [0.3, 0.4) is 0 Å². The van der Waals surface area contributed by atoms with Gasteiger partial charge in [-0.3, -0.25) is 0 Å². The second-order valence-corrected chi connectivity index (χ2v) is 4.19. The lowest BCUT2D eigenvalue weighted by Gasteiger charge is -1.90. The van der Waals surface area contributed by atoms with E-state index in [-0.39, 0.29) is 0 Å². The summed E-state index contributed by atoms with van der Waals surface area (Å²) >= 11 is 9.48. The van der Waals surface area contributed by atoms with E-state index in [4.69, 9.17) is 22.5 Å². The summed E-state index contributed by atoms with van der Waals surface area (Å²) < 4.78 is 33.6. The number of hydrogen-bond donors (Lipinski definition) is 0. The highest BCUT2D eigenvalue weighted by atomic mass is 35.9.